The van der Waals surface area contributed by atoms with Gasteiger partial charge in [0.05, 0.1) is 6.26 Å². The fourth-order valence-electron chi connectivity index (χ4n) is 0.389. The lowest BCUT2D eigenvalue weighted by atomic mass is 10.5. The fourth-order valence-corrected chi connectivity index (χ4v) is 0.389. The first-order valence-corrected chi connectivity index (χ1v) is 3.19. The van der Waals surface area contributed by atoms with Crippen LogP contribution in [-0.2, 0) is 14.3 Å². The molecule has 0 fully saturated rings. The van der Waals surface area contributed by atoms with Gasteiger partial charge in [-0.05, 0) is 0 Å². The Morgan fingerprint density at radius 3 is 2.80 bits per heavy atom. The average Bonchev–Trinajstić information content (AvgIpc) is 1.98. The summed E-state index contributed by atoms with van der Waals surface area (Å²) in [4.78, 5) is 10.5. The van der Waals surface area contributed by atoms with E-state index in [1.54, 1.807) is 6.92 Å². The van der Waals surface area contributed by atoms with Crippen molar-refractivity contribution in [2.24, 2.45) is 0 Å². The van der Waals surface area contributed by atoms with Crippen LogP contribution >= 0.6 is 0 Å². The first kappa shape index (κ1) is 9.01. The van der Waals surface area contributed by atoms with E-state index in [1.165, 1.54) is 6.26 Å². The summed E-state index contributed by atoms with van der Waals surface area (Å²) in [6.07, 6.45) is 1.73. The molecular formula is C7H12O3. The van der Waals surface area contributed by atoms with Gasteiger partial charge in [-0.15, -0.1) is 0 Å². The Kier molecular flexibility index (Phi) is 5.53. The minimum atomic E-state index is -0.201. The molecule has 0 aliphatic rings. The van der Waals surface area contributed by atoms with Crippen LogP contribution in [0.1, 0.15) is 13.3 Å². The molecule has 0 rings (SSSR count). The van der Waals surface area contributed by atoms with Gasteiger partial charge in [-0.2, -0.15) is 0 Å². The minimum Gasteiger partial charge on any atom is -0.498 e. The normalized spacial score (nSPS) is 8.50. The number of hydrogen-bond donors (Lipinski definition) is 0. The van der Waals surface area contributed by atoms with Crippen LogP contribution in [0.15, 0.2) is 12.8 Å². The maximum atomic E-state index is 10.5. The molecule has 10 heavy (non-hydrogen) atoms. The average molecular weight is 144 g/mol. The molecule has 3 nitrogen and oxygen atoms in total. The Balaban J connectivity index is 3.03. The molecule has 3 heteroatoms. The van der Waals surface area contributed by atoms with Crippen LogP contribution in [0.2, 0.25) is 0 Å². The monoisotopic (exact) mass is 144 g/mol. The summed E-state index contributed by atoms with van der Waals surface area (Å²) in [5.41, 5.74) is 0. The van der Waals surface area contributed by atoms with Crippen LogP contribution in [0, 0.1) is 0 Å². The summed E-state index contributed by atoms with van der Waals surface area (Å²) < 4.78 is 9.40. The second kappa shape index (κ2) is 6.13. The quantitative estimate of drug-likeness (QED) is 0.329. The summed E-state index contributed by atoms with van der Waals surface area (Å²) in [5.74, 6) is -0.201. The Labute approximate surface area is 60.6 Å². The van der Waals surface area contributed by atoms with Crippen molar-refractivity contribution in [2.45, 2.75) is 13.3 Å². The lowest BCUT2D eigenvalue weighted by molar-refractivity contribution is -0.144. The summed E-state index contributed by atoms with van der Waals surface area (Å²) in [7, 11) is 0. The van der Waals surface area contributed by atoms with Gasteiger partial charge in [0.2, 0.25) is 0 Å². The summed E-state index contributed by atoms with van der Waals surface area (Å²) >= 11 is 0. The molecular weight excluding hydrogens is 132 g/mol. The van der Waals surface area contributed by atoms with Crippen molar-refractivity contribution in [3.8, 4) is 0 Å². The number of carbonyl (C=O) groups is 1. The maximum absolute atomic E-state index is 10.5. The van der Waals surface area contributed by atoms with Gasteiger partial charge in [0.25, 0.3) is 0 Å². The summed E-state index contributed by atoms with van der Waals surface area (Å²) in [6.45, 7) is 5.77. The van der Waals surface area contributed by atoms with Crippen LogP contribution in [0.3, 0.4) is 0 Å². The number of esters is 1. The van der Waals surface area contributed by atoms with E-state index < -0.39 is 0 Å². The fraction of sp³-hybridized carbons (Fsp3) is 0.571. The number of rotatable bonds is 5. The van der Waals surface area contributed by atoms with E-state index in [1.807, 2.05) is 0 Å². The topological polar surface area (TPSA) is 35.5 Å². The zero-order chi connectivity index (χ0) is 7.82. The van der Waals surface area contributed by atoms with Gasteiger partial charge in [0.15, 0.2) is 0 Å². The first-order chi connectivity index (χ1) is 4.81. The lowest BCUT2D eigenvalue weighted by Gasteiger charge is -2.01. The second-order valence-corrected chi connectivity index (χ2v) is 1.61. The van der Waals surface area contributed by atoms with Crippen molar-refractivity contribution >= 4 is 5.97 Å². The standard InChI is InChI=1S/C7H12O3/c1-3-7(8)10-6-5-9-4-2/h4H,2-3,5-6H2,1H3. The second-order valence-electron chi connectivity index (χ2n) is 1.61. The molecule has 0 saturated heterocycles. The van der Waals surface area contributed by atoms with E-state index in [9.17, 15) is 4.79 Å². The van der Waals surface area contributed by atoms with E-state index >= 15 is 0 Å². The largest absolute Gasteiger partial charge is 0.498 e. The van der Waals surface area contributed by atoms with Crippen molar-refractivity contribution in [3.63, 3.8) is 0 Å². The molecule has 0 spiro atoms. The highest BCUT2D eigenvalue weighted by atomic mass is 16.6. The van der Waals surface area contributed by atoms with E-state index in [0.717, 1.165) is 0 Å². The van der Waals surface area contributed by atoms with E-state index in [-0.39, 0.29) is 5.97 Å². The highest BCUT2D eigenvalue weighted by molar-refractivity contribution is 5.68. The molecule has 0 N–H and O–H groups in total. The maximum Gasteiger partial charge on any atom is 0.305 e. The van der Waals surface area contributed by atoms with Crippen LogP contribution in [0.4, 0.5) is 0 Å². The molecule has 0 atom stereocenters. The summed E-state index contributed by atoms with van der Waals surface area (Å²) in [5, 5.41) is 0. The van der Waals surface area contributed by atoms with Gasteiger partial charge in [0.1, 0.15) is 13.2 Å². The van der Waals surface area contributed by atoms with Gasteiger partial charge in [0, 0.05) is 6.42 Å². The van der Waals surface area contributed by atoms with Crippen LogP contribution in [0.25, 0.3) is 0 Å². The van der Waals surface area contributed by atoms with E-state index in [4.69, 9.17) is 4.74 Å². The Hall–Kier alpha value is -0.990. The molecule has 0 aliphatic carbocycles. The highest BCUT2D eigenvalue weighted by Crippen LogP contribution is 1.84. The third-order valence-corrected chi connectivity index (χ3v) is 0.871. The lowest BCUT2D eigenvalue weighted by Crippen LogP contribution is -2.07. The van der Waals surface area contributed by atoms with Crippen molar-refractivity contribution < 1.29 is 14.3 Å². The molecule has 0 amide bonds. The van der Waals surface area contributed by atoms with Crippen LogP contribution in [0.5, 0.6) is 0 Å². The van der Waals surface area contributed by atoms with Gasteiger partial charge >= 0.3 is 5.97 Å². The van der Waals surface area contributed by atoms with Gasteiger partial charge < -0.3 is 9.47 Å². The molecule has 0 radical (unpaired) electrons. The smallest absolute Gasteiger partial charge is 0.305 e. The molecule has 0 heterocycles. The number of ether oxygens (including phenoxy) is 2. The van der Waals surface area contributed by atoms with Gasteiger partial charge in [-0.25, -0.2) is 0 Å². The van der Waals surface area contributed by atoms with Crippen LogP contribution < -0.4 is 0 Å². The Morgan fingerprint density at radius 2 is 2.30 bits per heavy atom. The third kappa shape index (κ3) is 5.15. The van der Waals surface area contributed by atoms with Crippen molar-refractivity contribution in [2.75, 3.05) is 13.2 Å². The number of carbonyl (C=O) groups excluding carboxylic acids is 1. The molecule has 0 aromatic carbocycles. The number of hydrogen-bond acceptors (Lipinski definition) is 3. The van der Waals surface area contributed by atoms with Crippen molar-refractivity contribution in [1.82, 2.24) is 0 Å². The molecule has 0 aromatic heterocycles. The first-order valence-electron chi connectivity index (χ1n) is 3.19. The van der Waals surface area contributed by atoms with Gasteiger partial charge in [-0.1, -0.05) is 13.5 Å². The predicted octanol–water partition coefficient (Wildman–Crippen LogP) is 1.10. The SMILES string of the molecule is C=COCCOC(=O)CC. The molecule has 0 aromatic rings. The van der Waals surface area contributed by atoms with Crippen molar-refractivity contribution in [1.29, 1.82) is 0 Å². The zero-order valence-electron chi connectivity index (χ0n) is 6.13. The molecule has 0 saturated carbocycles. The van der Waals surface area contributed by atoms with E-state index in [2.05, 4.69) is 11.3 Å². The molecule has 0 bridgehead atoms. The zero-order valence-corrected chi connectivity index (χ0v) is 6.13. The highest BCUT2D eigenvalue weighted by Gasteiger charge is 1.95. The van der Waals surface area contributed by atoms with Gasteiger partial charge in [-0.3, -0.25) is 4.79 Å². The Morgan fingerprint density at radius 1 is 1.60 bits per heavy atom. The molecule has 0 unspecified atom stereocenters. The summed E-state index contributed by atoms with van der Waals surface area (Å²) in [6, 6.07) is 0. The van der Waals surface area contributed by atoms with Crippen LogP contribution in [-0.4, -0.2) is 19.2 Å². The Bertz CT molecular complexity index is 109. The predicted molar refractivity (Wildman–Crippen MR) is 37.4 cm³/mol. The third-order valence-electron chi connectivity index (χ3n) is 0.871. The molecule has 0 aliphatic heterocycles. The molecule has 58 valence electrons. The minimum absolute atomic E-state index is 0.201. The van der Waals surface area contributed by atoms with E-state index in [0.29, 0.717) is 19.6 Å². The van der Waals surface area contributed by atoms with Crippen molar-refractivity contribution in [3.05, 3.63) is 12.8 Å².